The first kappa shape index (κ1) is 21.6. The second-order valence-corrected chi connectivity index (χ2v) is 8.67. The molecule has 6 nitrogen and oxygen atoms in total. The van der Waals surface area contributed by atoms with E-state index in [-0.39, 0.29) is 10.7 Å². The summed E-state index contributed by atoms with van der Waals surface area (Å²) < 4.78 is 10.4. The summed E-state index contributed by atoms with van der Waals surface area (Å²) in [7, 11) is 3.11. The largest absolute Gasteiger partial charge is 0.481 e. The summed E-state index contributed by atoms with van der Waals surface area (Å²) in [6.45, 7) is 6.35. The van der Waals surface area contributed by atoms with E-state index < -0.39 is 0 Å². The Hall–Kier alpha value is -1.70. The lowest BCUT2D eigenvalue weighted by Gasteiger charge is -2.26. The number of anilines is 1. The van der Waals surface area contributed by atoms with Crippen molar-refractivity contribution in [2.75, 3.05) is 19.6 Å². The number of halogens is 2. The van der Waals surface area contributed by atoms with Crippen LogP contribution in [-0.4, -0.2) is 35.7 Å². The van der Waals surface area contributed by atoms with E-state index in [1.54, 1.807) is 38.5 Å². The van der Waals surface area contributed by atoms with Crippen LogP contribution >= 0.6 is 35.0 Å². The fourth-order valence-electron chi connectivity index (χ4n) is 1.99. The van der Waals surface area contributed by atoms with Gasteiger partial charge in [-0.1, -0.05) is 55.7 Å². The number of rotatable bonds is 7. The number of hydrogen-bond donors (Lipinski definition) is 1. The van der Waals surface area contributed by atoms with E-state index in [2.05, 4.69) is 41.3 Å². The van der Waals surface area contributed by atoms with Gasteiger partial charge in [0, 0.05) is 16.3 Å². The van der Waals surface area contributed by atoms with Crippen molar-refractivity contribution in [1.29, 1.82) is 0 Å². The highest BCUT2D eigenvalue weighted by Crippen LogP contribution is 2.34. The maximum atomic E-state index is 6.01. The van der Waals surface area contributed by atoms with Crippen LogP contribution in [0.15, 0.2) is 34.5 Å². The molecule has 0 aliphatic carbocycles. The normalized spacial score (nSPS) is 12.9. The molecule has 0 amide bonds. The molecular formula is C18H22Cl2N4O2S. The Labute approximate surface area is 173 Å². The molecule has 0 radical (unpaired) electrons. The summed E-state index contributed by atoms with van der Waals surface area (Å²) in [5, 5.41) is 5.95. The summed E-state index contributed by atoms with van der Waals surface area (Å²) in [6, 6.07) is 6.80. The van der Waals surface area contributed by atoms with E-state index >= 15 is 0 Å². The lowest BCUT2D eigenvalue weighted by atomic mass is 9.92. The topological polar surface area (TPSA) is 68.6 Å². The van der Waals surface area contributed by atoms with Gasteiger partial charge in [-0.15, -0.1) is 0 Å². The van der Waals surface area contributed by atoms with E-state index in [9.17, 15) is 0 Å². The average molecular weight is 429 g/mol. The van der Waals surface area contributed by atoms with Gasteiger partial charge in [0.15, 0.2) is 5.16 Å². The van der Waals surface area contributed by atoms with Gasteiger partial charge in [0.1, 0.15) is 0 Å². The van der Waals surface area contributed by atoms with Crippen molar-refractivity contribution in [1.82, 2.24) is 9.97 Å². The maximum absolute atomic E-state index is 6.01. The Balaban J connectivity index is 2.18. The van der Waals surface area contributed by atoms with Gasteiger partial charge < -0.3 is 9.47 Å². The van der Waals surface area contributed by atoms with Gasteiger partial charge in [0.05, 0.1) is 31.2 Å². The van der Waals surface area contributed by atoms with E-state index in [1.807, 2.05) is 6.21 Å². The Morgan fingerprint density at radius 2 is 1.59 bits per heavy atom. The van der Waals surface area contributed by atoms with Crippen molar-refractivity contribution in [3.05, 3.63) is 34.3 Å². The molecule has 1 aromatic heterocycles. The predicted octanol–water partition coefficient (Wildman–Crippen LogP) is 5.41. The molecule has 1 atom stereocenters. The third-order valence-electron chi connectivity index (χ3n) is 3.43. The second kappa shape index (κ2) is 9.48. The van der Waals surface area contributed by atoms with Gasteiger partial charge in [0.2, 0.25) is 11.8 Å². The highest BCUT2D eigenvalue weighted by Gasteiger charge is 2.26. The lowest BCUT2D eigenvalue weighted by molar-refractivity contribution is 0.364. The van der Waals surface area contributed by atoms with Gasteiger partial charge in [-0.05, 0) is 23.6 Å². The smallest absolute Gasteiger partial charge is 0.220 e. The molecule has 9 heteroatoms. The molecule has 1 heterocycles. The van der Waals surface area contributed by atoms with Crippen LogP contribution in [-0.2, 0) is 0 Å². The van der Waals surface area contributed by atoms with Crippen LogP contribution in [0, 0.1) is 5.41 Å². The van der Waals surface area contributed by atoms with Crippen LogP contribution in [0.1, 0.15) is 20.8 Å². The first-order chi connectivity index (χ1) is 12.7. The zero-order chi connectivity index (χ0) is 20.0. The summed E-state index contributed by atoms with van der Waals surface area (Å²) in [5.74, 6) is 0.890. The first-order valence-corrected chi connectivity index (χ1v) is 9.74. The van der Waals surface area contributed by atoms with Crippen LogP contribution in [0.5, 0.6) is 11.8 Å². The second-order valence-electron chi connectivity index (χ2n) is 6.69. The standard InChI is InChI=1S/C18H22Cl2N4O2S/c1-18(2,3)14(10-21-24-13-7-11(19)6-12(20)8-13)27-17-22-15(25-4)9-16(23-17)26-5/h6-10,14,24H,1-5H3. The first-order valence-electron chi connectivity index (χ1n) is 8.10. The number of nitrogens with one attached hydrogen (secondary N) is 1. The molecule has 0 fully saturated rings. The molecule has 1 N–H and O–H groups in total. The quantitative estimate of drug-likeness (QED) is 0.275. The molecule has 2 rings (SSSR count). The van der Waals surface area contributed by atoms with Crippen LogP contribution in [0.3, 0.4) is 0 Å². The number of methoxy groups -OCH3 is 2. The van der Waals surface area contributed by atoms with Crippen molar-refractivity contribution < 1.29 is 9.47 Å². The minimum atomic E-state index is -0.0957. The number of hydrazone groups is 1. The van der Waals surface area contributed by atoms with Gasteiger partial charge in [0.25, 0.3) is 0 Å². The molecule has 27 heavy (non-hydrogen) atoms. The molecule has 1 unspecified atom stereocenters. The number of hydrogen-bond acceptors (Lipinski definition) is 7. The summed E-state index contributed by atoms with van der Waals surface area (Å²) in [6.07, 6.45) is 1.81. The number of thioether (sulfide) groups is 1. The highest BCUT2D eigenvalue weighted by atomic mass is 35.5. The SMILES string of the molecule is COc1cc(OC)nc(SC(C=NNc2cc(Cl)cc(Cl)c2)C(C)(C)C)n1. The van der Waals surface area contributed by atoms with Crippen molar-refractivity contribution in [2.24, 2.45) is 10.5 Å². The summed E-state index contributed by atoms with van der Waals surface area (Å²) in [5.41, 5.74) is 3.57. The van der Waals surface area contributed by atoms with Crippen LogP contribution in [0.25, 0.3) is 0 Å². The Bertz CT molecular complexity index is 770. The van der Waals surface area contributed by atoms with E-state index in [0.717, 1.165) is 0 Å². The fourth-order valence-corrected chi connectivity index (χ4v) is 3.50. The van der Waals surface area contributed by atoms with Gasteiger partial charge >= 0.3 is 0 Å². The third-order valence-corrected chi connectivity index (χ3v) is 5.34. The van der Waals surface area contributed by atoms with E-state index in [4.69, 9.17) is 32.7 Å². The van der Waals surface area contributed by atoms with E-state index in [0.29, 0.717) is 32.6 Å². The minimum absolute atomic E-state index is 0.0172. The molecule has 0 bridgehead atoms. The number of nitrogens with zero attached hydrogens (tertiary/aromatic N) is 3. The maximum Gasteiger partial charge on any atom is 0.220 e. The molecule has 146 valence electrons. The Kier molecular flexibility index (Phi) is 7.59. The van der Waals surface area contributed by atoms with E-state index in [1.165, 1.54) is 11.8 Å². The Morgan fingerprint density at radius 1 is 1.04 bits per heavy atom. The van der Waals surface area contributed by atoms with Crippen LogP contribution in [0.4, 0.5) is 5.69 Å². The molecule has 0 spiro atoms. The average Bonchev–Trinajstić information content (AvgIpc) is 2.58. The third kappa shape index (κ3) is 6.75. The highest BCUT2D eigenvalue weighted by molar-refractivity contribution is 8.00. The van der Waals surface area contributed by atoms with Gasteiger partial charge in [-0.3, -0.25) is 5.43 Å². The molecule has 2 aromatic rings. The summed E-state index contributed by atoms with van der Waals surface area (Å²) in [4.78, 5) is 8.75. The van der Waals surface area contributed by atoms with Crippen molar-refractivity contribution in [3.8, 4) is 11.8 Å². The van der Waals surface area contributed by atoms with Crippen molar-refractivity contribution >= 4 is 46.9 Å². The monoisotopic (exact) mass is 428 g/mol. The number of benzene rings is 1. The molecule has 0 saturated heterocycles. The zero-order valence-corrected chi connectivity index (χ0v) is 18.1. The molecule has 0 aliphatic rings. The zero-order valence-electron chi connectivity index (χ0n) is 15.8. The van der Waals surface area contributed by atoms with Gasteiger partial charge in [-0.2, -0.15) is 15.1 Å². The number of ether oxygens (including phenoxy) is 2. The molecule has 1 aromatic carbocycles. The fraction of sp³-hybridized carbons (Fsp3) is 0.389. The van der Waals surface area contributed by atoms with Gasteiger partial charge in [-0.25, -0.2) is 0 Å². The summed E-state index contributed by atoms with van der Waals surface area (Å²) >= 11 is 13.5. The van der Waals surface area contributed by atoms with Crippen LogP contribution in [0.2, 0.25) is 10.0 Å². The lowest BCUT2D eigenvalue weighted by Crippen LogP contribution is -2.25. The van der Waals surface area contributed by atoms with Crippen LogP contribution < -0.4 is 14.9 Å². The molecule has 0 aliphatic heterocycles. The minimum Gasteiger partial charge on any atom is -0.481 e. The number of aromatic nitrogens is 2. The van der Waals surface area contributed by atoms with Crippen molar-refractivity contribution in [2.45, 2.75) is 31.2 Å². The molecular weight excluding hydrogens is 407 g/mol. The van der Waals surface area contributed by atoms with Crippen molar-refractivity contribution in [3.63, 3.8) is 0 Å². The molecule has 0 saturated carbocycles. The Morgan fingerprint density at radius 3 is 2.07 bits per heavy atom. The predicted molar refractivity (Wildman–Crippen MR) is 113 cm³/mol.